The molecule has 1 N–H and O–H groups in total. The number of hydrogen-bond donors (Lipinski definition) is 1. The molecule has 0 saturated carbocycles. The van der Waals surface area contributed by atoms with Gasteiger partial charge in [-0.15, -0.1) is 0 Å². The van der Waals surface area contributed by atoms with Crippen molar-refractivity contribution in [3.05, 3.63) is 58.1 Å². The fourth-order valence-electron chi connectivity index (χ4n) is 2.64. The van der Waals surface area contributed by atoms with Crippen molar-refractivity contribution in [2.75, 3.05) is 12.4 Å². The molecule has 21 heavy (non-hydrogen) atoms. The highest BCUT2D eigenvalue weighted by atomic mass is 79.9. The van der Waals surface area contributed by atoms with E-state index in [1.807, 2.05) is 36.4 Å². The van der Waals surface area contributed by atoms with E-state index in [9.17, 15) is 4.79 Å². The summed E-state index contributed by atoms with van der Waals surface area (Å²) < 4.78 is 6.08. The molecular weight excluding hydrogens is 330 g/mol. The van der Waals surface area contributed by atoms with E-state index in [1.54, 1.807) is 7.11 Å². The van der Waals surface area contributed by atoms with Gasteiger partial charge in [-0.25, -0.2) is 0 Å². The normalized spacial score (nSPS) is 16.2. The van der Waals surface area contributed by atoms with Gasteiger partial charge in [-0.05, 0) is 45.3 Å². The van der Waals surface area contributed by atoms with Crippen LogP contribution in [0.15, 0.2) is 46.9 Å². The third kappa shape index (κ3) is 2.95. The van der Waals surface area contributed by atoms with Gasteiger partial charge in [0.15, 0.2) is 5.78 Å². The number of carbonyl (C=O) groups is 1. The smallest absolute Gasteiger partial charge is 0.159 e. The van der Waals surface area contributed by atoms with Gasteiger partial charge in [0.1, 0.15) is 5.75 Å². The molecule has 0 radical (unpaired) electrons. The zero-order valence-electron chi connectivity index (χ0n) is 11.7. The Bertz CT molecular complexity index is 659. The Kier molecular flexibility index (Phi) is 3.97. The molecule has 0 bridgehead atoms. The lowest BCUT2D eigenvalue weighted by Gasteiger charge is -2.11. The van der Waals surface area contributed by atoms with Crippen molar-refractivity contribution in [3.8, 4) is 5.75 Å². The third-order valence-electron chi connectivity index (χ3n) is 3.75. The molecule has 0 aliphatic carbocycles. The molecule has 0 spiro atoms. The van der Waals surface area contributed by atoms with Crippen molar-refractivity contribution in [2.45, 2.75) is 18.9 Å². The van der Waals surface area contributed by atoms with Gasteiger partial charge >= 0.3 is 0 Å². The topological polar surface area (TPSA) is 38.3 Å². The summed E-state index contributed by atoms with van der Waals surface area (Å²) in [5, 5.41) is 3.31. The van der Waals surface area contributed by atoms with Crippen LogP contribution in [0.2, 0.25) is 0 Å². The van der Waals surface area contributed by atoms with Crippen molar-refractivity contribution in [1.29, 1.82) is 0 Å². The van der Waals surface area contributed by atoms with Crippen LogP contribution in [0.25, 0.3) is 0 Å². The Morgan fingerprint density at radius 1 is 1.33 bits per heavy atom. The van der Waals surface area contributed by atoms with Crippen LogP contribution in [-0.2, 0) is 17.6 Å². The van der Waals surface area contributed by atoms with E-state index in [4.69, 9.17) is 4.74 Å². The first-order valence-corrected chi connectivity index (χ1v) is 7.66. The van der Waals surface area contributed by atoms with E-state index in [0.29, 0.717) is 6.42 Å². The molecule has 3 nitrogen and oxygen atoms in total. The number of ketones is 1. The van der Waals surface area contributed by atoms with E-state index in [2.05, 4.69) is 27.3 Å². The van der Waals surface area contributed by atoms with Gasteiger partial charge in [0, 0.05) is 18.5 Å². The molecule has 0 saturated heterocycles. The number of fused-ring (bicyclic) bond motifs is 1. The second kappa shape index (κ2) is 5.90. The second-order valence-corrected chi connectivity index (χ2v) is 6.02. The number of Topliss-reactive ketones (excluding diaryl/α,β-unsaturated/α-hetero) is 1. The van der Waals surface area contributed by atoms with Crippen molar-refractivity contribution in [2.24, 2.45) is 0 Å². The average Bonchev–Trinajstić information content (AvgIpc) is 2.91. The van der Waals surface area contributed by atoms with Crippen LogP contribution in [0.5, 0.6) is 5.75 Å². The number of ether oxygens (including phenoxy) is 1. The summed E-state index contributed by atoms with van der Waals surface area (Å²) >= 11 is 3.45. The Balaban J connectivity index is 1.69. The quantitative estimate of drug-likeness (QED) is 0.919. The minimum Gasteiger partial charge on any atom is -0.496 e. The van der Waals surface area contributed by atoms with E-state index >= 15 is 0 Å². The minimum absolute atomic E-state index is 0.122. The highest BCUT2D eigenvalue weighted by Crippen LogP contribution is 2.28. The van der Waals surface area contributed by atoms with Gasteiger partial charge in [-0.2, -0.15) is 0 Å². The summed E-state index contributed by atoms with van der Waals surface area (Å²) in [4.78, 5) is 12.4. The number of methoxy groups -OCH3 is 1. The van der Waals surface area contributed by atoms with Crippen LogP contribution in [0.3, 0.4) is 0 Å². The zero-order chi connectivity index (χ0) is 14.8. The molecule has 0 amide bonds. The van der Waals surface area contributed by atoms with Crippen LogP contribution >= 0.6 is 15.9 Å². The third-order valence-corrected chi connectivity index (χ3v) is 4.37. The fourth-order valence-corrected chi connectivity index (χ4v) is 3.22. The van der Waals surface area contributed by atoms with Crippen molar-refractivity contribution in [1.82, 2.24) is 0 Å². The summed E-state index contributed by atoms with van der Waals surface area (Å²) in [6.45, 7) is 0. The zero-order valence-corrected chi connectivity index (χ0v) is 13.3. The molecule has 0 aromatic heterocycles. The lowest BCUT2D eigenvalue weighted by Crippen LogP contribution is -2.28. The standard InChI is InChI=1S/C17H16BrNO2/c1-21-17-7-6-11(8-13(17)18)9-16(20)15-10-12-4-2-3-5-14(12)19-15/h2-8,15,19H,9-10H2,1H3. The Morgan fingerprint density at radius 3 is 2.86 bits per heavy atom. The minimum atomic E-state index is -0.122. The van der Waals surface area contributed by atoms with E-state index in [-0.39, 0.29) is 11.8 Å². The Labute approximate surface area is 132 Å². The first-order valence-electron chi connectivity index (χ1n) is 6.87. The molecular formula is C17H16BrNO2. The van der Waals surface area contributed by atoms with Crippen molar-refractivity contribution in [3.63, 3.8) is 0 Å². The summed E-state index contributed by atoms with van der Waals surface area (Å²) in [5.41, 5.74) is 3.28. The molecule has 1 atom stereocenters. The predicted octanol–water partition coefficient (Wildman–Crippen LogP) is 3.61. The SMILES string of the molecule is COc1ccc(CC(=O)C2Cc3ccccc3N2)cc1Br. The predicted molar refractivity (Wildman–Crippen MR) is 87.0 cm³/mol. The van der Waals surface area contributed by atoms with Crippen LogP contribution in [-0.4, -0.2) is 18.9 Å². The van der Waals surface area contributed by atoms with Gasteiger partial charge in [0.05, 0.1) is 17.6 Å². The van der Waals surface area contributed by atoms with Gasteiger partial charge in [0.25, 0.3) is 0 Å². The Morgan fingerprint density at radius 2 is 2.14 bits per heavy atom. The molecule has 1 heterocycles. The summed E-state index contributed by atoms with van der Waals surface area (Å²) in [6.07, 6.45) is 1.20. The number of carbonyl (C=O) groups excluding carboxylic acids is 1. The maximum Gasteiger partial charge on any atom is 0.159 e. The number of benzene rings is 2. The molecule has 108 valence electrons. The number of para-hydroxylation sites is 1. The number of nitrogens with one attached hydrogen (secondary N) is 1. The Hall–Kier alpha value is -1.81. The summed E-state index contributed by atoms with van der Waals surface area (Å²) in [7, 11) is 1.63. The molecule has 2 aromatic carbocycles. The van der Waals surface area contributed by atoms with Gasteiger partial charge in [-0.3, -0.25) is 4.79 Å². The van der Waals surface area contributed by atoms with Gasteiger partial charge in [-0.1, -0.05) is 24.3 Å². The molecule has 0 fully saturated rings. The maximum atomic E-state index is 12.4. The summed E-state index contributed by atoms with van der Waals surface area (Å²) in [6, 6.07) is 13.7. The van der Waals surface area contributed by atoms with Gasteiger partial charge < -0.3 is 10.1 Å². The van der Waals surface area contributed by atoms with Crippen LogP contribution < -0.4 is 10.1 Å². The van der Waals surface area contributed by atoms with E-state index < -0.39 is 0 Å². The molecule has 1 unspecified atom stereocenters. The van der Waals surface area contributed by atoms with Crippen molar-refractivity contribution < 1.29 is 9.53 Å². The van der Waals surface area contributed by atoms with Gasteiger partial charge in [0.2, 0.25) is 0 Å². The fraction of sp³-hybridized carbons (Fsp3) is 0.235. The molecule has 2 aromatic rings. The van der Waals surface area contributed by atoms with Crippen molar-refractivity contribution >= 4 is 27.4 Å². The monoisotopic (exact) mass is 345 g/mol. The van der Waals surface area contributed by atoms with E-state index in [1.165, 1.54) is 5.56 Å². The highest BCUT2D eigenvalue weighted by molar-refractivity contribution is 9.10. The molecule has 1 aliphatic heterocycles. The van der Waals surface area contributed by atoms with Crippen LogP contribution in [0.1, 0.15) is 11.1 Å². The summed E-state index contributed by atoms with van der Waals surface area (Å²) in [5.74, 6) is 0.987. The number of hydrogen-bond acceptors (Lipinski definition) is 3. The first kappa shape index (κ1) is 14.1. The largest absolute Gasteiger partial charge is 0.496 e. The maximum absolute atomic E-state index is 12.4. The lowest BCUT2D eigenvalue weighted by molar-refractivity contribution is -0.119. The molecule has 1 aliphatic rings. The second-order valence-electron chi connectivity index (χ2n) is 5.17. The molecule has 4 heteroatoms. The number of anilines is 1. The van der Waals surface area contributed by atoms with E-state index in [0.717, 1.165) is 27.9 Å². The first-order chi connectivity index (χ1) is 10.2. The van der Waals surface area contributed by atoms with Crippen LogP contribution in [0.4, 0.5) is 5.69 Å². The highest BCUT2D eigenvalue weighted by Gasteiger charge is 2.26. The lowest BCUT2D eigenvalue weighted by atomic mass is 10.0. The molecule has 3 rings (SSSR count). The number of rotatable bonds is 4. The average molecular weight is 346 g/mol. The van der Waals surface area contributed by atoms with Crippen LogP contribution in [0, 0.1) is 0 Å². The number of halogens is 1.